The van der Waals surface area contributed by atoms with Crippen LogP contribution in [0.1, 0.15) is 329 Å². The van der Waals surface area contributed by atoms with Crippen LogP contribution in [-0.4, -0.2) is 37.2 Å². The van der Waals surface area contributed by atoms with E-state index in [4.69, 9.17) is 14.2 Å². The van der Waals surface area contributed by atoms with Gasteiger partial charge in [0, 0.05) is 19.3 Å². The summed E-state index contributed by atoms with van der Waals surface area (Å²) in [5, 5.41) is 0. The topological polar surface area (TPSA) is 78.9 Å². The van der Waals surface area contributed by atoms with Gasteiger partial charge in [0.05, 0.1) is 0 Å². The monoisotopic (exact) mass is 1100 g/mol. The van der Waals surface area contributed by atoms with Crippen molar-refractivity contribution in [3.05, 3.63) is 97.2 Å². The van der Waals surface area contributed by atoms with Crippen LogP contribution in [0.3, 0.4) is 0 Å². The summed E-state index contributed by atoms with van der Waals surface area (Å²) in [6.07, 6.45) is 89.9. The molecule has 0 aliphatic heterocycles. The Labute approximate surface area is 489 Å². The molecule has 1 unspecified atom stereocenters. The smallest absolute Gasteiger partial charge is 0.306 e. The van der Waals surface area contributed by atoms with Crippen LogP contribution < -0.4 is 0 Å². The summed E-state index contributed by atoms with van der Waals surface area (Å²) in [5.74, 6) is -0.879. The molecule has 0 spiro atoms. The highest BCUT2D eigenvalue weighted by molar-refractivity contribution is 5.71. The fourth-order valence-corrected chi connectivity index (χ4v) is 9.54. The van der Waals surface area contributed by atoms with Crippen molar-refractivity contribution in [3.8, 4) is 0 Å². The van der Waals surface area contributed by atoms with E-state index in [-0.39, 0.29) is 31.1 Å². The number of hydrogen-bond acceptors (Lipinski definition) is 6. The second-order valence-corrected chi connectivity index (χ2v) is 22.4. The van der Waals surface area contributed by atoms with E-state index in [0.29, 0.717) is 19.3 Å². The van der Waals surface area contributed by atoms with Crippen molar-refractivity contribution >= 4 is 17.9 Å². The quantitative estimate of drug-likeness (QED) is 0.0261. The first-order valence-corrected chi connectivity index (χ1v) is 33.7. The number of carbonyl (C=O) groups is 3. The number of ether oxygens (including phenoxy) is 3. The van der Waals surface area contributed by atoms with Crippen molar-refractivity contribution < 1.29 is 28.6 Å². The molecule has 0 saturated heterocycles. The Morgan fingerprint density at radius 3 is 0.797 bits per heavy atom. The number of hydrogen-bond donors (Lipinski definition) is 0. The number of rotatable bonds is 61. The first-order chi connectivity index (χ1) is 39.0. The number of carbonyl (C=O) groups excluding carboxylic acids is 3. The van der Waals surface area contributed by atoms with E-state index in [1.165, 1.54) is 173 Å². The average Bonchev–Trinajstić information content (AvgIpc) is 3.45. The Morgan fingerprint density at radius 2 is 0.494 bits per heavy atom. The molecule has 0 radical (unpaired) electrons. The van der Waals surface area contributed by atoms with Gasteiger partial charge in [0.1, 0.15) is 13.2 Å². The second kappa shape index (κ2) is 66.8. The first-order valence-electron chi connectivity index (χ1n) is 33.7. The fourth-order valence-electron chi connectivity index (χ4n) is 9.54. The third kappa shape index (κ3) is 65.0. The van der Waals surface area contributed by atoms with Crippen LogP contribution in [-0.2, 0) is 28.6 Å². The van der Waals surface area contributed by atoms with Gasteiger partial charge in [-0.1, -0.05) is 304 Å². The van der Waals surface area contributed by atoms with Gasteiger partial charge in [-0.15, -0.1) is 0 Å². The van der Waals surface area contributed by atoms with Crippen LogP contribution in [0.4, 0.5) is 0 Å². The molecule has 0 N–H and O–H groups in total. The molecular weight excluding hydrogens is 973 g/mol. The SMILES string of the molecule is CC/C=C\C/C=C\C/C=C\C/C=C\C/C=C\CCCCCCCCCCCCCCCC(=O)OCC(COC(=O)CCCCCCCCCCCCCCC)OC(=O)CCCCCCCC/C=C\C/C=C\C/C=C\CCCCC. The minimum atomic E-state index is -0.784. The molecule has 0 heterocycles. The van der Waals surface area contributed by atoms with Crippen LogP contribution >= 0.6 is 0 Å². The van der Waals surface area contributed by atoms with Crippen LogP contribution in [0.2, 0.25) is 0 Å². The molecule has 0 saturated carbocycles. The first kappa shape index (κ1) is 75.3. The molecule has 0 bridgehead atoms. The summed E-state index contributed by atoms with van der Waals surface area (Å²) in [4.78, 5) is 38.4. The molecule has 0 aromatic carbocycles. The van der Waals surface area contributed by atoms with Gasteiger partial charge in [-0.3, -0.25) is 14.4 Å². The van der Waals surface area contributed by atoms with Crippen LogP contribution in [0, 0.1) is 0 Å². The summed E-state index contributed by atoms with van der Waals surface area (Å²) in [7, 11) is 0. The van der Waals surface area contributed by atoms with Gasteiger partial charge in [-0.2, -0.15) is 0 Å². The Hall–Kier alpha value is -3.67. The summed E-state index contributed by atoms with van der Waals surface area (Å²) >= 11 is 0. The number of allylic oxidation sites excluding steroid dienone is 16. The van der Waals surface area contributed by atoms with E-state index in [0.717, 1.165) is 116 Å². The summed E-state index contributed by atoms with van der Waals surface area (Å²) in [6, 6.07) is 0. The number of esters is 3. The molecule has 1 atom stereocenters. The van der Waals surface area contributed by atoms with Crippen LogP contribution in [0.15, 0.2) is 97.2 Å². The lowest BCUT2D eigenvalue weighted by molar-refractivity contribution is -0.167. The highest BCUT2D eigenvalue weighted by Gasteiger charge is 2.19. The van der Waals surface area contributed by atoms with Gasteiger partial charge < -0.3 is 14.2 Å². The zero-order valence-electron chi connectivity index (χ0n) is 52.1. The van der Waals surface area contributed by atoms with E-state index in [1.807, 2.05) is 0 Å². The molecule has 0 aromatic rings. The maximum atomic E-state index is 12.9. The van der Waals surface area contributed by atoms with Gasteiger partial charge in [-0.25, -0.2) is 0 Å². The standard InChI is InChI=1S/C73H126O6/c1-4-7-10-13-16-19-22-25-27-29-31-32-33-34-35-36-37-38-39-40-42-43-45-48-51-54-57-60-63-66-72(75)78-69-70(68-77-71(74)65-62-59-56-53-50-47-24-21-18-15-12-9-6-3)79-73(76)67-64-61-58-55-52-49-46-44-41-30-28-26-23-20-17-14-11-8-5-2/h7,10,16-17,19-20,25-28,31-32,34-35,41,44,70H,4-6,8-9,11-15,18,21-24,29-30,33,36-40,42-43,45-69H2,1-3H3/b10-7-,19-16-,20-17-,27-25-,28-26-,32-31-,35-34-,44-41-. The largest absolute Gasteiger partial charge is 0.462 e. The van der Waals surface area contributed by atoms with E-state index in [1.54, 1.807) is 0 Å². The number of unbranched alkanes of at least 4 members (excludes halogenated alkanes) is 34. The molecule has 0 aromatic heterocycles. The molecule has 0 amide bonds. The lowest BCUT2D eigenvalue weighted by Gasteiger charge is -2.18. The summed E-state index contributed by atoms with van der Waals surface area (Å²) < 4.78 is 16.9. The van der Waals surface area contributed by atoms with Gasteiger partial charge >= 0.3 is 17.9 Å². The van der Waals surface area contributed by atoms with E-state index in [9.17, 15) is 14.4 Å². The maximum absolute atomic E-state index is 12.9. The zero-order valence-corrected chi connectivity index (χ0v) is 52.1. The normalized spacial score (nSPS) is 12.7. The van der Waals surface area contributed by atoms with Gasteiger partial charge in [0.25, 0.3) is 0 Å². The molecule has 6 nitrogen and oxygen atoms in total. The van der Waals surface area contributed by atoms with Crippen molar-refractivity contribution in [2.45, 2.75) is 335 Å². The van der Waals surface area contributed by atoms with Crippen molar-refractivity contribution in [1.82, 2.24) is 0 Å². The van der Waals surface area contributed by atoms with E-state index in [2.05, 4.69) is 118 Å². The lowest BCUT2D eigenvalue weighted by atomic mass is 10.0. The van der Waals surface area contributed by atoms with Crippen LogP contribution in [0.5, 0.6) is 0 Å². The van der Waals surface area contributed by atoms with E-state index >= 15 is 0 Å². The predicted octanol–water partition coefficient (Wildman–Crippen LogP) is 23.2. The Morgan fingerprint density at radius 1 is 0.266 bits per heavy atom. The molecular formula is C73H126O6. The molecule has 79 heavy (non-hydrogen) atoms. The molecule has 0 aliphatic rings. The fraction of sp³-hybridized carbons (Fsp3) is 0.740. The van der Waals surface area contributed by atoms with Crippen molar-refractivity contribution in [3.63, 3.8) is 0 Å². The minimum absolute atomic E-state index is 0.0794. The minimum Gasteiger partial charge on any atom is -0.462 e. The Balaban J connectivity index is 4.28. The summed E-state index contributed by atoms with van der Waals surface area (Å²) in [6.45, 7) is 6.52. The third-order valence-electron chi connectivity index (χ3n) is 14.6. The van der Waals surface area contributed by atoms with Crippen molar-refractivity contribution in [2.24, 2.45) is 0 Å². The van der Waals surface area contributed by atoms with Gasteiger partial charge in [0.2, 0.25) is 0 Å². The molecule has 0 rings (SSSR count). The van der Waals surface area contributed by atoms with Crippen molar-refractivity contribution in [2.75, 3.05) is 13.2 Å². The third-order valence-corrected chi connectivity index (χ3v) is 14.6. The van der Waals surface area contributed by atoms with Crippen molar-refractivity contribution in [1.29, 1.82) is 0 Å². The highest BCUT2D eigenvalue weighted by atomic mass is 16.6. The van der Waals surface area contributed by atoms with Gasteiger partial charge in [0.15, 0.2) is 6.10 Å². The maximum Gasteiger partial charge on any atom is 0.306 e. The zero-order chi connectivity index (χ0) is 57.1. The molecule has 0 aliphatic carbocycles. The second-order valence-electron chi connectivity index (χ2n) is 22.4. The molecule has 454 valence electrons. The molecule has 6 heteroatoms. The Bertz CT molecular complexity index is 1540. The lowest BCUT2D eigenvalue weighted by Crippen LogP contribution is -2.30. The van der Waals surface area contributed by atoms with E-state index < -0.39 is 6.10 Å². The van der Waals surface area contributed by atoms with Gasteiger partial charge in [-0.05, 0) is 103 Å². The highest BCUT2D eigenvalue weighted by Crippen LogP contribution is 2.17. The predicted molar refractivity (Wildman–Crippen MR) is 344 cm³/mol. The molecule has 0 fully saturated rings. The summed E-state index contributed by atoms with van der Waals surface area (Å²) in [5.41, 5.74) is 0. The average molecular weight is 1100 g/mol. The Kier molecular flexibility index (Phi) is 63.7. The van der Waals surface area contributed by atoms with Crippen LogP contribution in [0.25, 0.3) is 0 Å².